The molecule has 1 aromatic heterocycles. The average molecular weight is 487 g/mol. The number of nitrogens with zero attached hydrogens (tertiary/aromatic N) is 4. The lowest BCUT2D eigenvalue weighted by Gasteiger charge is -2.37. The van der Waals surface area contributed by atoms with Crippen LogP contribution in [0.3, 0.4) is 0 Å². The molecular formula is C24H34N6O3S. The first-order valence-electron chi connectivity index (χ1n) is 11.6. The molecule has 1 saturated heterocycles. The zero-order valence-electron chi connectivity index (χ0n) is 20.0. The maximum Gasteiger partial charge on any atom is 0.251 e. The molecule has 3 heterocycles. The van der Waals surface area contributed by atoms with Crippen molar-refractivity contribution < 1.29 is 14.2 Å². The molecule has 1 atom stereocenters. The molecule has 2 aliphatic rings. The van der Waals surface area contributed by atoms with Crippen molar-refractivity contribution in [1.29, 1.82) is 0 Å². The number of nitrogens with one attached hydrogen (secondary N) is 2. The quantitative estimate of drug-likeness (QED) is 0.343. The van der Waals surface area contributed by atoms with Crippen LogP contribution in [0.15, 0.2) is 36.5 Å². The highest BCUT2D eigenvalue weighted by Gasteiger charge is 2.29. The second kappa shape index (κ2) is 11.5. The smallest absolute Gasteiger partial charge is 0.251 e. The van der Waals surface area contributed by atoms with Crippen molar-refractivity contribution in [2.45, 2.75) is 32.0 Å². The Hall–Kier alpha value is -2.21. The van der Waals surface area contributed by atoms with Crippen LogP contribution in [-0.4, -0.2) is 89.2 Å². The van der Waals surface area contributed by atoms with Gasteiger partial charge in [0.25, 0.3) is 5.91 Å². The zero-order chi connectivity index (χ0) is 24.1. The summed E-state index contributed by atoms with van der Waals surface area (Å²) in [6.45, 7) is 5.83. The number of β-amino-alcohol motifs (C(OH)–C–C–N with tert-alkyl or cyclic N) is 1. The predicted molar refractivity (Wildman–Crippen MR) is 134 cm³/mol. The number of hydroxylamine groups is 2. The topological polar surface area (TPSA) is 93.2 Å². The fourth-order valence-electron chi connectivity index (χ4n) is 4.14. The Morgan fingerprint density at radius 3 is 2.85 bits per heavy atom. The Bertz CT molecular complexity index is 985. The highest BCUT2D eigenvalue weighted by molar-refractivity contribution is 7.92. The summed E-state index contributed by atoms with van der Waals surface area (Å²) in [6, 6.07) is 10.4. The van der Waals surface area contributed by atoms with Crippen LogP contribution in [0.1, 0.15) is 27.0 Å². The van der Waals surface area contributed by atoms with Gasteiger partial charge in [0, 0.05) is 51.0 Å². The molecule has 1 amide bonds. The van der Waals surface area contributed by atoms with Gasteiger partial charge >= 0.3 is 0 Å². The molecule has 34 heavy (non-hydrogen) atoms. The number of fused-ring (bicyclic) bond motifs is 1. The van der Waals surface area contributed by atoms with Crippen molar-refractivity contribution in [3.8, 4) is 0 Å². The molecule has 0 aliphatic carbocycles. The number of carbonyl (C=O) groups is 1. The summed E-state index contributed by atoms with van der Waals surface area (Å²) in [4.78, 5) is 19.5. The summed E-state index contributed by atoms with van der Waals surface area (Å²) >= 11 is 1.29. The van der Waals surface area contributed by atoms with Gasteiger partial charge in [-0.3, -0.25) is 9.69 Å². The molecule has 9 nitrogen and oxygen atoms in total. The Morgan fingerprint density at radius 1 is 1.32 bits per heavy atom. The molecule has 1 fully saturated rings. The van der Waals surface area contributed by atoms with Gasteiger partial charge in [-0.25, -0.2) is 13.6 Å². The number of aromatic nitrogens is 1. The number of benzene rings is 1. The highest BCUT2D eigenvalue weighted by atomic mass is 32.2. The number of hydrogen-bond donors (Lipinski definition) is 3. The zero-order valence-corrected chi connectivity index (χ0v) is 20.8. The number of carbonyl (C=O) groups excluding carboxylic acids is 1. The van der Waals surface area contributed by atoms with Crippen LogP contribution in [0.5, 0.6) is 0 Å². The number of aliphatic hydroxyl groups excluding tert-OH is 1. The van der Waals surface area contributed by atoms with Gasteiger partial charge in [0.1, 0.15) is 18.0 Å². The number of aryl methyl sites for hydroxylation is 1. The molecule has 0 radical (unpaired) electrons. The molecule has 3 N–H and O–H groups in total. The molecule has 2 aromatic rings. The fourth-order valence-corrected chi connectivity index (χ4v) is 4.49. The monoisotopic (exact) mass is 486 g/mol. The minimum absolute atomic E-state index is 0.202. The van der Waals surface area contributed by atoms with Crippen LogP contribution in [0.4, 0.5) is 5.82 Å². The van der Waals surface area contributed by atoms with E-state index in [0.29, 0.717) is 17.9 Å². The molecule has 10 heteroatoms. The van der Waals surface area contributed by atoms with E-state index in [2.05, 4.69) is 44.8 Å². The second-order valence-electron chi connectivity index (χ2n) is 9.15. The van der Waals surface area contributed by atoms with E-state index in [4.69, 9.17) is 4.28 Å². The van der Waals surface area contributed by atoms with Gasteiger partial charge in [0.2, 0.25) is 0 Å². The van der Waals surface area contributed by atoms with Crippen molar-refractivity contribution in [1.82, 2.24) is 24.6 Å². The summed E-state index contributed by atoms with van der Waals surface area (Å²) in [7, 11) is 3.85. The van der Waals surface area contributed by atoms with E-state index in [9.17, 15) is 9.90 Å². The van der Waals surface area contributed by atoms with Crippen LogP contribution in [0, 0.1) is 6.92 Å². The lowest BCUT2D eigenvalue weighted by Crippen LogP contribution is -2.53. The number of aliphatic hydroxyl groups is 1. The molecule has 184 valence electrons. The SMILES string of the molecule is Cc1cnc(NC2CN(OSN(C)C)C2)cc1C(=O)NCC(O)CN1CCc2ccccc2C1. The Balaban J connectivity index is 1.23. The van der Waals surface area contributed by atoms with Crippen molar-refractivity contribution in [2.24, 2.45) is 0 Å². The van der Waals surface area contributed by atoms with Crippen molar-refractivity contribution in [2.75, 3.05) is 52.1 Å². The first kappa shape index (κ1) is 24.9. The first-order chi connectivity index (χ1) is 16.4. The Labute approximate surface area is 205 Å². The van der Waals surface area contributed by atoms with Crippen LogP contribution < -0.4 is 10.6 Å². The van der Waals surface area contributed by atoms with Crippen LogP contribution in [0.25, 0.3) is 0 Å². The predicted octanol–water partition coefficient (Wildman–Crippen LogP) is 1.69. The highest BCUT2D eigenvalue weighted by Crippen LogP contribution is 2.21. The normalized spacial score (nSPS) is 17.8. The number of pyridine rings is 1. The van der Waals surface area contributed by atoms with E-state index in [-0.39, 0.29) is 18.5 Å². The van der Waals surface area contributed by atoms with Gasteiger partial charge in [-0.05, 0) is 50.2 Å². The van der Waals surface area contributed by atoms with Gasteiger partial charge in [-0.15, -0.1) is 0 Å². The Morgan fingerprint density at radius 2 is 2.09 bits per heavy atom. The van der Waals surface area contributed by atoms with Crippen molar-refractivity contribution in [3.63, 3.8) is 0 Å². The van der Waals surface area contributed by atoms with Crippen LogP contribution in [0.2, 0.25) is 0 Å². The van der Waals surface area contributed by atoms with Gasteiger partial charge in [-0.1, -0.05) is 24.3 Å². The maximum absolute atomic E-state index is 12.8. The van der Waals surface area contributed by atoms with E-state index >= 15 is 0 Å². The van der Waals surface area contributed by atoms with Gasteiger partial charge in [-0.2, -0.15) is 5.06 Å². The molecule has 2 aliphatic heterocycles. The Kier molecular flexibility index (Phi) is 8.41. The third-order valence-corrected chi connectivity index (χ3v) is 6.59. The van der Waals surface area contributed by atoms with Crippen molar-refractivity contribution >= 4 is 24.0 Å². The molecular weight excluding hydrogens is 452 g/mol. The molecule has 4 rings (SSSR count). The summed E-state index contributed by atoms with van der Waals surface area (Å²) in [6.07, 6.45) is 2.06. The first-order valence-corrected chi connectivity index (χ1v) is 12.3. The average Bonchev–Trinajstić information content (AvgIpc) is 2.79. The van der Waals surface area contributed by atoms with E-state index in [1.807, 2.05) is 30.4 Å². The second-order valence-corrected chi connectivity index (χ2v) is 10.2. The molecule has 1 unspecified atom stereocenters. The molecule has 0 spiro atoms. The van der Waals surface area contributed by atoms with E-state index < -0.39 is 6.10 Å². The van der Waals surface area contributed by atoms with Crippen LogP contribution >= 0.6 is 12.2 Å². The van der Waals surface area contributed by atoms with Crippen LogP contribution in [-0.2, 0) is 17.2 Å². The molecule has 0 saturated carbocycles. The minimum atomic E-state index is -0.630. The third kappa shape index (κ3) is 6.68. The summed E-state index contributed by atoms with van der Waals surface area (Å²) in [5.41, 5.74) is 4.06. The summed E-state index contributed by atoms with van der Waals surface area (Å²) in [5, 5.41) is 18.6. The lowest BCUT2D eigenvalue weighted by molar-refractivity contribution is -0.0991. The number of amides is 1. The summed E-state index contributed by atoms with van der Waals surface area (Å²) in [5.74, 6) is 0.458. The van der Waals surface area contributed by atoms with Gasteiger partial charge in [0.05, 0.1) is 12.1 Å². The molecule has 0 bridgehead atoms. The minimum Gasteiger partial charge on any atom is -0.390 e. The maximum atomic E-state index is 12.8. The van der Waals surface area contributed by atoms with Crippen molar-refractivity contribution in [3.05, 3.63) is 58.8 Å². The fraction of sp³-hybridized carbons (Fsp3) is 0.500. The van der Waals surface area contributed by atoms with Gasteiger partial charge < -0.3 is 15.7 Å². The van der Waals surface area contributed by atoms with E-state index in [1.165, 1.54) is 23.4 Å². The van der Waals surface area contributed by atoms with Gasteiger partial charge in [0.15, 0.2) is 0 Å². The number of rotatable bonds is 10. The largest absolute Gasteiger partial charge is 0.390 e. The summed E-state index contributed by atoms with van der Waals surface area (Å²) < 4.78 is 7.42. The third-order valence-electron chi connectivity index (χ3n) is 6.01. The number of hydrogen-bond acceptors (Lipinski definition) is 9. The molecule has 1 aromatic carbocycles. The number of anilines is 1. The standard InChI is InChI=1S/C24H34N6O3S/c1-17-11-25-23(27-20-14-30(15-20)33-34-28(2)3)10-22(17)24(32)26-12-21(31)16-29-9-8-18-6-4-5-7-19(18)13-29/h4-7,10-11,20-21,31H,8-9,12-16H2,1-3H3,(H,25,27)(H,26,32). The van der Waals surface area contributed by atoms with E-state index in [1.54, 1.807) is 12.3 Å². The lowest BCUT2D eigenvalue weighted by atomic mass is 10.00. The van der Waals surface area contributed by atoms with E-state index in [0.717, 1.165) is 38.2 Å².